The van der Waals surface area contributed by atoms with Crippen molar-refractivity contribution < 1.29 is 23.8 Å². The Morgan fingerprint density at radius 1 is 1.57 bits per heavy atom. The molecule has 1 saturated heterocycles. The number of thioether (sulfide) groups is 1. The van der Waals surface area contributed by atoms with Crippen LogP contribution in [0, 0.1) is 5.82 Å². The van der Waals surface area contributed by atoms with E-state index in [1.807, 2.05) is 0 Å². The minimum atomic E-state index is -0.835. The van der Waals surface area contributed by atoms with Crippen molar-refractivity contribution in [3.8, 4) is 0 Å². The first kappa shape index (κ1) is 16.1. The monoisotopic (exact) mass is 357 g/mol. The first-order valence-electron chi connectivity index (χ1n) is 6.95. The molecular formula is C15H13ClFNO4S. The number of carbonyl (C=O) groups is 2. The highest BCUT2D eigenvalue weighted by Gasteiger charge is 2.51. The number of halogens is 2. The smallest absolute Gasteiger partial charge is 0.347 e. The Balaban J connectivity index is 1.94. The van der Waals surface area contributed by atoms with Crippen LogP contribution in [0.15, 0.2) is 29.5 Å². The summed E-state index contributed by atoms with van der Waals surface area (Å²) in [5, 5.41) is 9.92. The molecule has 1 unspecified atom stereocenters. The van der Waals surface area contributed by atoms with Crippen LogP contribution in [0.4, 0.5) is 4.39 Å². The lowest BCUT2D eigenvalue weighted by molar-refractivity contribution is -0.141. The zero-order valence-electron chi connectivity index (χ0n) is 12.1. The van der Waals surface area contributed by atoms with Crippen LogP contribution in [0.5, 0.6) is 0 Å². The molecule has 0 aliphatic carbocycles. The Bertz CT molecular complexity index is 723. The molecule has 0 aromatic heterocycles. The molecule has 1 fully saturated rings. The molecule has 1 aromatic rings. The predicted octanol–water partition coefficient (Wildman–Crippen LogP) is 2.81. The molecule has 2 aliphatic heterocycles. The molecule has 5 nitrogen and oxygen atoms in total. The molecular weight excluding hydrogens is 345 g/mol. The van der Waals surface area contributed by atoms with Crippen molar-refractivity contribution in [2.75, 3.05) is 12.4 Å². The quantitative estimate of drug-likeness (QED) is 0.665. The molecule has 3 rings (SSSR count). The second-order valence-corrected chi connectivity index (χ2v) is 6.58. The van der Waals surface area contributed by atoms with E-state index < -0.39 is 29.1 Å². The summed E-state index contributed by atoms with van der Waals surface area (Å²) in [5.74, 6) is -1.76. The molecule has 0 spiro atoms. The Morgan fingerprint density at radius 3 is 2.96 bits per heavy atom. The second kappa shape index (κ2) is 6.05. The molecule has 1 aromatic carbocycles. The number of aliphatic hydroxyl groups excluding tert-OH is 1. The molecule has 0 radical (unpaired) electrons. The van der Waals surface area contributed by atoms with E-state index in [4.69, 9.17) is 16.3 Å². The van der Waals surface area contributed by atoms with Crippen molar-refractivity contribution in [2.45, 2.75) is 18.3 Å². The van der Waals surface area contributed by atoms with Gasteiger partial charge in [-0.05, 0) is 19.1 Å². The van der Waals surface area contributed by atoms with E-state index in [2.05, 4.69) is 0 Å². The van der Waals surface area contributed by atoms with Crippen LogP contribution in [-0.4, -0.2) is 40.3 Å². The van der Waals surface area contributed by atoms with Gasteiger partial charge < -0.3 is 14.7 Å². The highest BCUT2D eigenvalue weighted by atomic mass is 35.5. The van der Waals surface area contributed by atoms with Crippen molar-refractivity contribution in [2.24, 2.45) is 0 Å². The first-order chi connectivity index (χ1) is 11.0. The standard InChI is InChI=1S/C15H13ClFNO4S/c1-2-22-15(21)11-12(19)10-6-23-14(18(10)13(11)20)8-4-3-7(17)5-9(8)16/h3-5,10,14,19H,2,6H2,1H3/t10?,14-/m0/s1. The molecule has 1 N–H and O–H groups in total. The van der Waals surface area contributed by atoms with E-state index in [9.17, 15) is 19.1 Å². The van der Waals surface area contributed by atoms with Gasteiger partial charge in [-0.3, -0.25) is 4.79 Å². The SMILES string of the molecule is CCOC(=O)C1=C(O)C2CS[C@@H](c3ccc(F)cc3Cl)N2C1=O. The summed E-state index contributed by atoms with van der Waals surface area (Å²) in [5.41, 5.74) is 0.229. The minimum Gasteiger partial charge on any atom is -0.509 e. The number of carbonyl (C=O) groups excluding carboxylic acids is 2. The normalized spacial score (nSPS) is 23.4. The molecule has 23 heavy (non-hydrogen) atoms. The van der Waals surface area contributed by atoms with E-state index >= 15 is 0 Å². The number of fused-ring (bicyclic) bond motifs is 1. The summed E-state index contributed by atoms with van der Waals surface area (Å²) >= 11 is 7.47. The molecule has 1 amide bonds. The maximum Gasteiger partial charge on any atom is 0.347 e. The van der Waals surface area contributed by atoms with E-state index in [1.165, 1.54) is 34.9 Å². The fraction of sp³-hybridized carbons (Fsp3) is 0.333. The number of aliphatic hydroxyl groups is 1. The van der Waals surface area contributed by atoms with Crippen LogP contribution < -0.4 is 0 Å². The molecule has 8 heteroatoms. The van der Waals surface area contributed by atoms with Gasteiger partial charge >= 0.3 is 5.97 Å². The van der Waals surface area contributed by atoms with Gasteiger partial charge in [0.2, 0.25) is 0 Å². The second-order valence-electron chi connectivity index (χ2n) is 5.06. The van der Waals surface area contributed by atoms with Crippen LogP contribution in [0.2, 0.25) is 5.02 Å². The molecule has 122 valence electrons. The Morgan fingerprint density at radius 2 is 2.30 bits per heavy atom. The fourth-order valence-corrected chi connectivity index (χ4v) is 4.51. The van der Waals surface area contributed by atoms with Crippen LogP contribution in [0.25, 0.3) is 0 Å². The van der Waals surface area contributed by atoms with Gasteiger partial charge in [-0.15, -0.1) is 11.8 Å². The summed E-state index contributed by atoms with van der Waals surface area (Å²) in [6.07, 6.45) is 0. The number of nitrogens with zero attached hydrogens (tertiary/aromatic N) is 1. The van der Waals surface area contributed by atoms with Gasteiger partial charge in [0, 0.05) is 16.3 Å². The van der Waals surface area contributed by atoms with Crippen LogP contribution in [0.1, 0.15) is 17.9 Å². The van der Waals surface area contributed by atoms with E-state index in [0.717, 1.165) is 0 Å². The number of rotatable bonds is 3. The number of amides is 1. The number of ether oxygens (including phenoxy) is 1. The van der Waals surface area contributed by atoms with Crippen LogP contribution in [0.3, 0.4) is 0 Å². The summed E-state index contributed by atoms with van der Waals surface area (Å²) in [4.78, 5) is 25.8. The van der Waals surface area contributed by atoms with Crippen molar-refractivity contribution in [1.82, 2.24) is 4.90 Å². The summed E-state index contributed by atoms with van der Waals surface area (Å²) < 4.78 is 18.0. The average Bonchev–Trinajstić information content (AvgIpc) is 3.01. The zero-order chi connectivity index (χ0) is 16.7. The maximum absolute atomic E-state index is 13.2. The third-order valence-electron chi connectivity index (χ3n) is 3.73. The molecule has 0 bridgehead atoms. The lowest BCUT2D eigenvalue weighted by Gasteiger charge is -2.24. The average molecular weight is 358 g/mol. The molecule has 2 heterocycles. The lowest BCUT2D eigenvalue weighted by Crippen LogP contribution is -2.34. The van der Waals surface area contributed by atoms with Crippen molar-refractivity contribution in [3.63, 3.8) is 0 Å². The van der Waals surface area contributed by atoms with Crippen molar-refractivity contribution >= 4 is 35.2 Å². The van der Waals surface area contributed by atoms with Crippen molar-refractivity contribution in [3.05, 3.63) is 45.9 Å². The van der Waals surface area contributed by atoms with Crippen molar-refractivity contribution in [1.29, 1.82) is 0 Å². The largest absolute Gasteiger partial charge is 0.509 e. The highest BCUT2D eigenvalue weighted by Crippen LogP contribution is 2.48. The maximum atomic E-state index is 13.2. The third kappa shape index (κ3) is 2.57. The minimum absolute atomic E-state index is 0.107. The molecule has 2 atom stereocenters. The lowest BCUT2D eigenvalue weighted by atomic mass is 10.2. The van der Waals surface area contributed by atoms with Gasteiger partial charge in [0.25, 0.3) is 5.91 Å². The fourth-order valence-electron chi connectivity index (χ4n) is 2.71. The number of esters is 1. The summed E-state index contributed by atoms with van der Waals surface area (Å²) in [6.45, 7) is 1.72. The highest BCUT2D eigenvalue weighted by molar-refractivity contribution is 7.99. The van der Waals surface area contributed by atoms with Gasteiger partial charge in [0.15, 0.2) is 5.57 Å². The topological polar surface area (TPSA) is 66.8 Å². The van der Waals surface area contributed by atoms with E-state index in [1.54, 1.807) is 6.92 Å². The third-order valence-corrected chi connectivity index (χ3v) is 5.36. The zero-order valence-corrected chi connectivity index (χ0v) is 13.7. The number of benzene rings is 1. The molecule has 2 aliphatic rings. The van der Waals surface area contributed by atoms with Crippen LogP contribution in [-0.2, 0) is 14.3 Å². The summed E-state index contributed by atoms with van der Waals surface area (Å²) in [7, 11) is 0. The number of hydrogen-bond acceptors (Lipinski definition) is 5. The van der Waals surface area contributed by atoms with Gasteiger partial charge in [-0.25, -0.2) is 9.18 Å². The number of hydrogen-bond donors (Lipinski definition) is 1. The first-order valence-corrected chi connectivity index (χ1v) is 8.37. The summed E-state index contributed by atoms with van der Waals surface area (Å²) in [6, 6.07) is 3.34. The molecule has 0 saturated carbocycles. The predicted molar refractivity (Wildman–Crippen MR) is 83.5 cm³/mol. The van der Waals surface area contributed by atoms with Crippen LogP contribution >= 0.6 is 23.4 Å². The Labute approximate surface area is 141 Å². The van der Waals surface area contributed by atoms with E-state index in [-0.39, 0.29) is 23.0 Å². The van der Waals surface area contributed by atoms with Gasteiger partial charge in [0.05, 0.1) is 6.61 Å². The Hall–Kier alpha value is -1.73. The Kier molecular flexibility index (Phi) is 4.25. The van der Waals surface area contributed by atoms with Gasteiger partial charge in [-0.2, -0.15) is 0 Å². The van der Waals surface area contributed by atoms with Gasteiger partial charge in [0.1, 0.15) is 23.0 Å². The van der Waals surface area contributed by atoms with E-state index in [0.29, 0.717) is 11.3 Å². The van der Waals surface area contributed by atoms with Gasteiger partial charge in [-0.1, -0.05) is 17.7 Å².